The molecule has 0 saturated heterocycles. The molecule has 1 aromatic rings. The monoisotopic (exact) mass is 332 g/mol. The van der Waals surface area contributed by atoms with Crippen molar-refractivity contribution in [3.05, 3.63) is 28.7 Å². The number of halogens is 1. The van der Waals surface area contributed by atoms with Gasteiger partial charge < -0.3 is 5.73 Å². The van der Waals surface area contributed by atoms with E-state index in [1.165, 1.54) is 4.31 Å². The molecule has 100 valence electrons. The van der Waals surface area contributed by atoms with E-state index in [0.29, 0.717) is 18.0 Å². The molecule has 1 fully saturated rings. The van der Waals surface area contributed by atoms with Crippen LogP contribution in [-0.4, -0.2) is 32.9 Å². The van der Waals surface area contributed by atoms with Crippen molar-refractivity contribution >= 4 is 26.0 Å². The molecule has 0 bridgehead atoms. The summed E-state index contributed by atoms with van der Waals surface area (Å²) in [4.78, 5) is 0.320. The molecule has 1 saturated carbocycles. The first-order valence-electron chi connectivity index (χ1n) is 5.82. The highest BCUT2D eigenvalue weighted by Crippen LogP contribution is 2.45. The van der Waals surface area contributed by atoms with Crippen molar-refractivity contribution < 1.29 is 8.42 Å². The zero-order chi connectivity index (χ0) is 13.4. The third kappa shape index (κ3) is 2.77. The normalized spacial score (nSPS) is 18.0. The molecule has 0 aliphatic heterocycles. The second-order valence-electron chi connectivity index (χ2n) is 4.92. The predicted octanol–water partition coefficient (Wildman–Crippen LogP) is 1.81. The van der Waals surface area contributed by atoms with Gasteiger partial charge in [0.05, 0.1) is 4.90 Å². The standard InChI is InChI=1S/C12H17BrN2O2S/c1-15(9-12(8-14)6-7-12)18(16,17)11-4-2-10(13)3-5-11/h2-5H,6-9,14H2,1H3. The molecule has 0 spiro atoms. The molecule has 0 amide bonds. The number of benzene rings is 1. The van der Waals surface area contributed by atoms with Crippen LogP contribution in [0.4, 0.5) is 0 Å². The highest BCUT2D eigenvalue weighted by molar-refractivity contribution is 9.10. The van der Waals surface area contributed by atoms with E-state index in [0.717, 1.165) is 17.3 Å². The Bertz CT molecular complexity index is 524. The second-order valence-corrected chi connectivity index (χ2v) is 7.88. The SMILES string of the molecule is CN(CC1(CN)CC1)S(=O)(=O)c1ccc(Br)cc1. The summed E-state index contributed by atoms with van der Waals surface area (Å²) in [5.41, 5.74) is 5.70. The number of hydrogen-bond donors (Lipinski definition) is 1. The van der Waals surface area contributed by atoms with Crippen molar-refractivity contribution in [2.45, 2.75) is 17.7 Å². The molecule has 2 N–H and O–H groups in total. The summed E-state index contributed by atoms with van der Waals surface area (Å²) in [7, 11) is -1.78. The summed E-state index contributed by atoms with van der Waals surface area (Å²) in [5, 5.41) is 0. The number of hydrogen-bond acceptors (Lipinski definition) is 3. The van der Waals surface area contributed by atoms with E-state index >= 15 is 0 Å². The molecule has 0 heterocycles. The van der Waals surface area contributed by atoms with Crippen LogP contribution < -0.4 is 5.73 Å². The molecule has 1 aliphatic carbocycles. The summed E-state index contributed by atoms with van der Waals surface area (Å²) in [6, 6.07) is 6.68. The first kappa shape index (κ1) is 14.0. The molecule has 1 aromatic carbocycles. The second kappa shape index (κ2) is 4.92. The maximum atomic E-state index is 12.3. The van der Waals surface area contributed by atoms with Crippen LogP contribution in [0.5, 0.6) is 0 Å². The van der Waals surface area contributed by atoms with Gasteiger partial charge in [-0.15, -0.1) is 0 Å². The van der Waals surface area contributed by atoms with E-state index in [1.807, 2.05) is 0 Å². The quantitative estimate of drug-likeness (QED) is 0.894. The van der Waals surface area contributed by atoms with Crippen LogP contribution in [0.25, 0.3) is 0 Å². The largest absolute Gasteiger partial charge is 0.330 e. The number of nitrogens with zero attached hydrogens (tertiary/aromatic N) is 1. The lowest BCUT2D eigenvalue weighted by Gasteiger charge is -2.22. The lowest BCUT2D eigenvalue weighted by Crippen LogP contribution is -2.35. The predicted molar refractivity (Wildman–Crippen MR) is 74.7 cm³/mol. The summed E-state index contributed by atoms with van der Waals surface area (Å²) in [6.07, 6.45) is 2.04. The number of sulfonamides is 1. The highest BCUT2D eigenvalue weighted by atomic mass is 79.9. The minimum Gasteiger partial charge on any atom is -0.330 e. The van der Waals surface area contributed by atoms with Crippen molar-refractivity contribution in [2.75, 3.05) is 20.1 Å². The van der Waals surface area contributed by atoms with Crippen LogP contribution in [0.15, 0.2) is 33.6 Å². The van der Waals surface area contributed by atoms with Gasteiger partial charge in [-0.05, 0) is 49.1 Å². The van der Waals surface area contributed by atoms with Crippen LogP contribution in [-0.2, 0) is 10.0 Å². The van der Waals surface area contributed by atoms with Crippen LogP contribution in [0.3, 0.4) is 0 Å². The Morgan fingerprint density at radius 1 is 1.33 bits per heavy atom. The minimum absolute atomic E-state index is 0.0111. The van der Waals surface area contributed by atoms with Gasteiger partial charge in [0, 0.05) is 18.1 Å². The van der Waals surface area contributed by atoms with Gasteiger partial charge in [0.25, 0.3) is 0 Å². The zero-order valence-electron chi connectivity index (χ0n) is 10.3. The Balaban J connectivity index is 2.18. The lowest BCUT2D eigenvalue weighted by molar-refractivity contribution is 0.371. The molecule has 2 rings (SSSR count). The smallest absolute Gasteiger partial charge is 0.242 e. The Hall–Kier alpha value is -0.430. The van der Waals surface area contributed by atoms with Gasteiger partial charge in [-0.2, -0.15) is 0 Å². The van der Waals surface area contributed by atoms with E-state index in [4.69, 9.17) is 5.73 Å². The molecular formula is C12H17BrN2O2S. The van der Waals surface area contributed by atoms with Gasteiger partial charge in [0.2, 0.25) is 10.0 Å². The van der Waals surface area contributed by atoms with Crippen molar-refractivity contribution in [2.24, 2.45) is 11.1 Å². The van der Waals surface area contributed by atoms with Crippen LogP contribution >= 0.6 is 15.9 Å². The third-order valence-corrected chi connectivity index (χ3v) is 5.82. The number of nitrogens with two attached hydrogens (primary N) is 1. The van der Waals surface area contributed by atoms with Gasteiger partial charge >= 0.3 is 0 Å². The van der Waals surface area contributed by atoms with Crippen molar-refractivity contribution in [1.29, 1.82) is 0 Å². The van der Waals surface area contributed by atoms with Gasteiger partial charge in [0.1, 0.15) is 0 Å². The van der Waals surface area contributed by atoms with E-state index < -0.39 is 10.0 Å². The van der Waals surface area contributed by atoms with Crippen molar-refractivity contribution in [3.8, 4) is 0 Å². The Labute approximate surface area is 116 Å². The summed E-state index contributed by atoms with van der Waals surface area (Å²) in [5.74, 6) is 0. The van der Waals surface area contributed by atoms with Gasteiger partial charge in [0.15, 0.2) is 0 Å². The average Bonchev–Trinajstić information content (AvgIpc) is 3.10. The lowest BCUT2D eigenvalue weighted by atomic mass is 10.1. The maximum Gasteiger partial charge on any atom is 0.242 e. The Kier molecular flexibility index (Phi) is 3.82. The van der Waals surface area contributed by atoms with E-state index in [9.17, 15) is 8.42 Å². The van der Waals surface area contributed by atoms with Gasteiger partial charge in [-0.3, -0.25) is 0 Å². The first-order chi connectivity index (χ1) is 8.39. The van der Waals surface area contributed by atoms with Crippen LogP contribution in [0, 0.1) is 5.41 Å². The fourth-order valence-corrected chi connectivity index (χ4v) is 3.50. The van der Waals surface area contributed by atoms with Crippen molar-refractivity contribution in [3.63, 3.8) is 0 Å². The van der Waals surface area contributed by atoms with E-state index in [1.54, 1.807) is 31.3 Å². The fourth-order valence-electron chi connectivity index (χ4n) is 1.95. The zero-order valence-corrected chi connectivity index (χ0v) is 12.7. The van der Waals surface area contributed by atoms with Crippen molar-refractivity contribution in [1.82, 2.24) is 4.31 Å². The molecule has 0 unspecified atom stereocenters. The Morgan fingerprint density at radius 2 is 1.89 bits per heavy atom. The van der Waals surface area contributed by atoms with Gasteiger partial charge in [-0.25, -0.2) is 12.7 Å². The molecule has 4 nitrogen and oxygen atoms in total. The first-order valence-corrected chi connectivity index (χ1v) is 8.05. The maximum absolute atomic E-state index is 12.3. The van der Waals surface area contributed by atoms with Gasteiger partial charge in [-0.1, -0.05) is 15.9 Å². The molecule has 0 atom stereocenters. The molecule has 18 heavy (non-hydrogen) atoms. The molecule has 0 aromatic heterocycles. The molecule has 1 aliphatic rings. The topological polar surface area (TPSA) is 63.4 Å². The summed E-state index contributed by atoms with van der Waals surface area (Å²) < 4.78 is 26.9. The number of rotatable bonds is 5. The third-order valence-electron chi connectivity index (χ3n) is 3.47. The summed E-state index contributed by atoms with van der Waals surface area (Å²) in [6.45, 7) is 1.05. The molecule has 0 radical (unpaired) electrons. The van der Waals surface area contributed by atoms with E-state index in [2.05, 4.69) is 15.9 Å². The molecular weight excluding hydrogens is 316 g/mol. The van der Waals surface area contributed by atoms with E-state index in [-0.39, 0.29) is 5.41 Å². The average molecular weight is 333 g/mol. The van der Waals surface area contributed by atoms with Crippen LogP contribution in [0.1, 0.15) is 12.8 Å². The van der Waals surface area contributed by atoms with Crippen LogP contribution in [0.2, 0.25) is 0 Å². The molecule has 6 heteroatoms. The highest BCUT2D eigenvalue weighted by Gasteiger charge is 2.43. The minimum atomic E-state index is -3.40. The summed E-state index contributed by atoms with van der Waals surface area (Å²) >= 11 is 3.29. The fraction of sp³-hybridized carbons (Fsp3) is 0.500. The Morgan fingerprint density at radius 3 is 2.33 bits per heavy atom.